The van der Waals surface area contributed by atoms with E-state index < -0.39 is 14.2 Å². The highest BCUT2D eigenvalue weighted by atomic mass is 28.3. The van der Waals surface area contributed by atoms with E-state index in [4.69, 9.17) is 15.5 Å². The molecule has 0 aliphatic heterocycles. The number of nitriles is 1. The predicted octanol–water partition coefficient (Wildman–Crippen LogP) is 4.75. The standard InChI is InChI=1S/C29H35NO2Si/c1-33(2,27-23-21-25-30)26-22-19-17-15-13-11-9-7-5-3-4-6-8-10-12-14-16-18-20-24-29(32)28-31/h5,7,17,19,29,31-32H,9-15,21,23,27-28H2,1-2H3/b7-5-,19-17-/t29-/m1/s1. The molecule has 0 rings (SSSR count). The summed E-state index contributed by atoms with van der Waals surface area (Å²) in [6, 6.07) is 3.29. The fourth-order valence-corrected chi connectivity index (χ4v) is 4.10. The second-order valence-electron chi connectivity index (χ2n) is 7.95. The molecule has 0 fully saturated rings. The summed E-state index contributed by atoms with van der Waals surface area (Å²) in [4.78, 5) is 0. The number of allylic oxidation sites excluding steroid dienone is 4. The quantitative estimate of drug-likeness (QED) is 0.267. The fraction of sp³-hybridized carbons (Fsp3) is 0.483. The van der Waals surface area contributed by atoms with Gasteiger partial charge in [0.05, 0.1) is 12.7 Å². The van der Waals surface area contributed by atoms with Crippen LogP contribution in [-0.2, 0) is 0 Å². The van der Waals surface area contributed by atoms with Crippen LogP contribution in [0.4, 0.5) is 0 Å². The Labute approximate surface area is 202 Å². The molecule has 2 N–H and O–H groups in total. The monoisotopic (exact) mass is 457 g/mol. The molecule has 0 unspecified atom stereocenters. The van der Waals surface area contributed by atoms with E-state index in [2.05, 4.69) is 90.1 Å². The first-order valence-corrected chi connectivity index (χ1v) is 14.7. The van der Waals surface area contributed by atoms with Gasteiger partial charge in [0.25, 0.3) is 0 Å². The van der Waals surface area contributed by atoms with Crippen molar-refractivity contribution >= 4 is 8.07 Å². The molecule has 33 heavy (non-hydrogen) atoms. The van der Waals surface area contributed by atoms with Gasteiger partial charge in [-0.15, -0.1) is 5.54 Å². The third-order valence-corrected chi connectivity index (χ3v) is 6.71. The molecular formula is C29H35NO2Si. The molecule has 0 spiro atoms. The van der Waals surface area contributed by atoms with Gasteiger partial charge in [-0.1, -0.05) is 54.8 Å². The highest BCUT2D eigenvalue weighted by Crippen LogP contribution is 2.12. The molecule has 0 aliphatic carbocycles. The summed E-state index contributed by atoms with van der Waals surface area (Å²) in [6.45, 7) is 4.15. The molecule has 3 nitrogen and oxygen atoms in total. The molecule has 172 valence electrons. The van der Waals surface area contributed by atoms with E-state index in [1.165, 1.54) is 0 Å². The zero-order chi connectivity index (χ0) is 24.5. The number of aliphatic hydroxyl groups is 2. The lowest BCUT2D eigenvalue weighted by Crippen LogP contribution is -2.22. The maximum Gasteiger partial charge on any atom is 0.138 e. The van der Waals surface area contributed by atoms with Gasteiger partial charge in [0.2, 0.25) is 0 Å². The highest BCUT2D eigenvalue weighted by molar-refractivity contribution is 6.85. The van der Waals surface area contributed by atoms with Crippen molar-refractivity contribution in [2.45, 2.75) is 83.0 Å². The highest BCUT2D eigenvalue weighted by Gasteiger charge is 2.16. The smallest absolute Gasteiger partial charge is 0.138 e. The second-order valence-corrected chi connectivity index (χ2v) is 12.5. The zero-order valence-electron chi connectivity index (χ0n) is 20.0. The fourth-order valence-electron chi connectivity index (χ4n) is 2.44. The van der Waals surface area contributed by atoms with Crippen LogP contribution in [0, 0.1) is 70.2 Å². The molecule has 0 aromatic carbocycles. The van der Waals surface area contributed by atoms with Crippen LogP contribution in [0.5, 0.6) is 0 Å². The van der Waals surface area contributed by atoms with Gasteiger partial charge in [-0.2, -0.15) is 5.26 Å². The minimum atomic E-state index is -1.48. The van der Waals surface area contributed by atoms with Crippen molar-refractivity contribution < 1.29 is 10.2 Å². The van der Waals surface area contributed by atoms with E-state index in [1.807, 2.05) is 12.2 Å². The minimum absolute atomic E-state index is 0.374. The Hall–Kier alpha value is -3.09. The average Bonchev–Trinajstić information content (AvgIpc) is 2.79. The minimum Gasteiger partial charge on any atom is -0.393 e. The Morgan fingerprint density at radius 2 is 1.45 bits per heavy atom. The van der Waals surface area contributed by atoms with Crippen LogP contribution < -0.4 is 0 Å². The predicted molar refractivity (Wildman–Crippen MR) is 140 cm³/mol. The van der Waals surface area contributed by atoms with Gasteiger partial charge in [-0.25, -0.2) is 0 Å². The Bertz CT molecular complexity index is 958. The molecule has 0 aliphatic rings. The summed E-state index contributed by atoms with van der Waals surface area (Å²) in [5.74, 6) is 25.2. The van der Waals surface area contributed by atoms with Crippen molar-refractivity contribution in [3.05, 3.63) is 24.3 Å². The van der Waals surface area contributed by atoms with E-state index >= 15 is 0 Å². The Morgan fingerprint density at radius 1 is 0.818 bits per heavy atom. The average molecular weight is 458 g/mol. The Balaban J connectivity index is 3.83. The number of aliphatic hydroxyl groups excluding tert-OH is 2. The van der Waals surface area contributed by atoms with Crippen LogP contribution in [0.1, 0.15) is 57.8 Å². The van der Waals surface area contributed by atoms with E-state index in [9.17, 15) is 0 Å². The zero-order valence-corrected chi connectivity index (χ0v) is 21.0. The van der Waals surface area contributed by atoms with Gasteiger partial charge in [0.1, 0.15) is 14.2 Å². The molecule has 4 heteroatoms. The summed E-state index contributed by atoms with van der Waals surface area (Å²) in [7, 11) is -1.48. The van der Waals surface area contributed by atoms with Crippen LogP contribution in [-0.4, -0.2) is 31.0 Å². The van der Waals surface area contributed by atoms with Crippen LogP contribution in [0.25, 0.3) is 0 Å². The van der Waals surface area contributed by atoms with Crippen molar-refractivity contribution in [3.8, 4) is 64.9 Å². The molecule has 1 atom stereocenters. The summed E-state index contributed by atoms with van der Waals surface area (Å²) in [6.07, 6.45) is 15.2. The van der Waals surface area contributed by atoms with E-state index in [1.54, 1.807) is 0 Å². The largest absolute Gasteiger partial charge is 0.393 e. The van der Waals surface area contributed by atoms with Crippen LogP contribution in [0.2, 0.25) is 19.1 Å². The van der Waals surface area contributed by atoms with E-state index in [0.717, 1.165) is 51.0 Å². The Morgan fingerprint density at radius 3 is 2.09 bits per heavy atom. The lowest BCUT2D eigenvalue weighted by molar-refractivity contribution is 0.138. The number of unbranched alkanes of at least 4 members (excludes halogenated alkanes) is 6. The number of hydrogen-bond acceptors (Lipinski definition) is 3. The summed E-state index contributed by atoms with van der Waals surface area (Å²) in [5.41, 5.74) is 3.41. The lowest BCUT2D eigenvalue weighted by Gasteiger charge is -2.12. The van der Waals surface area contributed by atoms with Gasteiger partial charge < -0.3 is 10.2 Å². The van der Waals surface area contributed by atoms with Gasteiger partial charge in [0.15, 0.2) is 0 Å². The molecule has 0 bridgehead atoms. The molecule has 0 saturated carbocycles. The van der Waals surface area contributed by atoms with Gasteiger partial charge in [0, 0.05) is 19.3 Å². The Kier molecular flexibility index (Phi) is 20.0. The van der Waals surface area contributed by atoms with Crippen LogP contribution >= 0.6 is 0 Å². The van der Waals surface area contributed by atoms with Gasteiger partial charge in [-0.05, 0) is 80.4 Å². The molecule has 0 aromatic rings. The summed E-state index contributed by atoms with van der Waals surface area (Å²) in [5, 5.41) is 26.2. The van der Waals surface area contributed by atoms with E-state index in [0.29, 0.717) is 12.8 Å². The van der Waals surface area contributed by atoms with Crippen LogP contribution in [0.15, 0.2) is 24.3 Å². The number of hydrogen-bond donors (Lipinski definition) is 2. The molecule has 0 heterocycles. The maximum atomic E-state index is 9.02. The van der Waals surface area contributed by atoms with Crippen molar-refractivity contribution in [3.63, 3.8) is 0 Å². The van der Waals surface area contributed by atoms with Crippen molar-refractivity contribution in [1.29, 1.82) is 5.26 Å². The number of rotatable bonds is 11. The van der Waals surface area contributed by atoms with Gasteiger partial charge in [-0.3, -0.25) is 0 Å². The van der Waals surface area contributed by atoms with E-state index in [-0.39, 0.29) is 6.61 Å². The van der Waals surface area contributed by atoms with Crippen molar-refractivity contribution in [2.24, 2.45) is 0 Å². The summed E-state index contributed by atoms with van der Waals surface area (Å²) >= 11 is 0. The maximum absolute atomic E-state index is 9.02. The summed E-state index contributed by atoms with van der Waals surface area (Å²) < 4.78 is 0. The second kappa shape index (κ2) is 22.1. The lowest BCUT2D eigenvalue weighted by atomic mass is 10.2. The molecule has 0 amide bonds. The number of nitrogens with zero attached hydrogens (tertiary/aromatic N) is 1. The van der Waals surface area contributed by atoms with Crippen molar-refractivity contribution in [2.75, 3.05) is 6.61 Å². The third-order valence-electron chi connectivity index (χ3n) is 4.28. The van der Waals surface area contributed by atoms with Gasteiger partial charge >= 0.3 is 0 Å². The normalized spacial score (nSPS) is 10.8. The molecule has 0 aromatic heterocycles. The third kappa shape index (κ3) is 23.4. The first-order valence-electron chi connectivity index (χ1n) is 11.5. The first kappa shape index (κ1) is 29.9. The molecular weight excluding hydrogens is 422 g/mol. The molecule has 0 saturated heterocycles. The van der Waals surface area contributed by atoms with Crippen molar-refractivity contribution in [1.82, 2.24) is 0 Å². The van der Waals surface area contributed by atoms with Crippen LogP contribution in [0.3, 0.4) is 0 Å². The first-order chi connectivity index (χ1) is 16.0. The topological polar surface area (TPSA) is 64.2 Å². The SMILES string of the molecule is C[Si](C)(C#C/C=C\CCCC/C=C\C#CC#CCCCC#CC#C[C@@H](O)CO)CCCC#N. The molecule has 0 radical (unpaired) electrons.